The summed E-state index contributed by atoms with van der Waals surface area (Å²) < 4.78 is 6.24. The molecule has 1 fully saturated rings. The highest BCUT2D eigenvalue weighted by Gasteiger charge is 2.30. The zero-order valence-corrected chi connectivity index (χ0v) is 9.91. The van der Waals surface area contributed by atoms with Gasteiger partial charge in [0.15, 0.2) is 5.16 Å². The summed E-state index contributed by atoms with van der Waals surface area (Å²) in [5, 5.41) is 6.52. The van der Waals surface area contributed by atoms with E-state index >= 15 is 0 Å². The van der Waals surface area contributed by atoms with Crippen molar-refractivity contribution < 1.29 is 9.53 Å². The number of aromatic amines is 1. The van der Waals surface area contributed by atoms with Gasteiger partial charge in [-0.25, -0.2) is 9.89 Å². The van der Waals surface area contributed by atoms with Crippen molar-refractivity contribution in [3.63, 3.8) is 0 Å². The normalized spacial score (nSPS) is 17.1. The van der Waals surface area contributed by atoms with Gasteiger partial charge in [0.25, 0.3) is 0 Å². The van der Waals surface area contributed by atoms with Crippen LogP contribution >= 0.6 is 11.8 Å². The number of carbonyl (C=O) groups is 1. The lowest BCUT2D eigenvalue weighted by Crippen LogP contribution is -2.19. The van der Waals surface area contributed by atoms with Gasteiger partial charge in [0.1, 0.15) is 5.25 Å². The van der Waals surface area contributed by atoms with Crippen LogP contribution in [0.5, 0.6) is 0 Å². The third-order valence-corrected chi connectivity index (χ3v) is 3.44. The fraction of sp³-hybridized carbons (Fsp3) is 0.667. The zero-order valence-electron chi connectivity index (χ0n) is 9.10. The van der Waals surface area contributed by atoms with E-state index in [-0.39, 0.29) is 23.0 Å². The summed E-state index contributed by atoms with van der Waals surface area (Å²) in [6, 6.07) is 0.249. The molecule has 0 amide bonds. The molecule has 1 heterocycles. The molecule has 2 rings (SSSR count). The fourth-order valence-corrected chi connectivity index (χ4v) is 2.35. The minimum atomic E-state index is -0.363. The molecule has 1 atom stereocenters. The van der Waals surface area contributed by atoms with E-state index in [1.54, 1.807) is 11.5 Å². The van der Waals surface area contributed by atoms with Crippen molar-refractivity contribution in [2.24, 2.45) is 0 Å². The Labute approximate surface area is 96.4 Å². The Morgan fingerprint density at radius 3 is 2.94 bits per heavy atom. The van der Waals surface area contributed by atoms with Gasteiger partial charge in [0, 0.05) is 6.04 Å². The standard InChI is InChI=1S/C9H13N3O3S/c1-5(7(13)15-2)16-9-11-10-8(14)12(9)6-3-4-6/h5-6H,3-4H2,1-2H3,(H,10,14). The molecule has 7 heteroatoms. The minimum absolute atomic E-state index is 0.206. The zero-order chi connectivity index (χ0) is 11.7. The first-order chi connectivity index (χ1) is 7.63. The monoisotopic (exact) mass is 243 g/mol. The molecule has 0 radical (unpaired) electrons. The number of thioether (sulfide) groups is 1. The summed E-state index contributed by atoms with van der Waals surface area (Å²) >= 11 is 1.24. The van der Waals surface area contributed by atoms with E-state index in [0.717, 1.165) is 12.8 Å². The third-order valence-electron chi connectivity index (χ3n) is 2.40. The highest BCUT2D eigenvalue weighted by Crippen LogP contribution is 2.36. The minimum Gasteiger partial charge on any atom is -0.468 e. The molecule has 1 aliphatic rings. The van der Waals surface area contributed by atoms with Crippen molar-refractivity contribution in [3.8, 4) is 0 Å². The van der Waals surface area contributed by atoms with Gasteiger partial charge < -0.3 is 4.74 Å². The van der Waals surface area contributed by atoms with Gasteiger partial charge in [-0.1, -0.05) is 11.8 Å². The first kappa shape index (κ1) is 11.3. The highest BCUT2D eigenvalue weighted by molar-refractivity contribution is 8.00. The molecular weight excluding hydrogens is 230 g/mol. The van der Waals surface area contributed by atoms with E-state index in [0.29, 0.717) is 5.16 Å². The Kier molecular flexibility index (Phi) is 3.04. The second kappa shape index (κ2) is 4.32. The molecule has 0 saturated heterocycles. The quantitative estimate of drug-likeness (QED) is 0.617. The SMILES string of the molecule is COC(=O)C(C)Sc1n[nH]c(=O)n1C1CC1. The summed E-state index contributed by atoms with van der Waals surface area (Å²) in [6.45, 7) is 1.73. The smallest absolute Gasteiger partial charge is 0.344 e. The first-order valence-electron chi connectivity index (χ1n) is 5.05. The maximum absolute atomic E-state index is 11.5. The number of hydrogen-bond donors (Lipinski definition) is 1. The Morgan fingerprint density at radius 1 is 1.69 bits per heavy atom. The van der Waals surface area contributed by atoms with E-state index < -0.39 is 0 Å². The Balaban J connectivity index is 2.15. The van der Waals surface area contributed by atoms with Crippen molar-refractivity contribution in [3.05, 3.63) is 10.5 Å². The van der Waals surface area contributed by atoms with Crippen molar-refractivity contribution in [1.82, 2.24) is 14.8 Å². The van der Waals surface area contributed by atoms with Crippen LogP contribution in [0.2, 0.25) is 0 Å². The summed E-state index contributed by atoms with van der Waals surface area (Å²) in [5.41, 5.74) is -0.206. The number of carbonyl (C=O) groups excluding carboxylic acids is 1. The summed E-state index contributed by atoms with van der Waals surface area (Å²) in [6.07, 6.45) is 2.00. The molecule has 1 unspecified atom stereocenters. The summed E-state index contributed by atoms with van der Waals surface area (Å²) in [7, 11) is 1.35. The molecule has 16 heavy (non-hydrogen) atoms. The van der Waals surface area contributed by atoms with E-state index in [4.69, 9.17) is 0 Å². The fourth-order valence-electron chi connectivity index (χ4n) is 1.40. The summed E-state index contributed by atoms with van der Waals surface area (Å²) in [4.78, 5) is 22.7. The molecule has 1 aromatic rings. The maximum Gasteiger partial charge on any atom is 0.344 e. The highest BCUT2D eigenvalue weighted by atomic mass is 32.2. The average Bonchev–Trinajstić information content (AvgIpc) is 3.04. The van der Waals surface area contributed by atoms with Gasteiger partial charge in [-0.3, -0.25) is 9.36 Å². The van der Waals surface area contributed by atoms with E-state index in [9.17, 15) is 9.59 Å². The number of rotatable bonds is 4. The van der Waals surface area contributed by atoms with Gasteiger partial charge in [0.05, 0.1) is 7.11 Å². The van der Waals surface area contributed by atoms with Gasteiger partial charge in [-0.15, -0.1) is 5.10 Å². The van der Waals surface area contributed by atoms with Gasteiger partial charge in [-0.05, 0) is 19.8 Å². The number of nitrogens with zero attached hydrogens (tertiary/aromatic N) is 2. The van der Waals surface area contributed by atoms with E-state index in [2.05, 4.69) is 14.9 Å². The lowest BCUT2D eigenvalue weighted by atomic mass is 10.5. The molecule has 0 aromatic carbocycles. The summed E-state index contributed by atoms with van der Waals surface area (Å²) in [5.74, 6) is -0.317. The van der Waals surface area contributed by atoms with Gasteiger partial charge in [0.2, 0.25) is 0 Å². The molecule has 1 aromatic heterocycles. The molecule has 1 saturated carbocycles. The molecule has 0 spiro atoms. The number of methoxy groups -OCH3 is 1. The second-order valence-electron chi connectivity index (χ2n) is 3.70. The number of hydrogen-bond acceptors (Lipinski definition) is 5. The predicted octanol–water partition coefficient (Wildman–Crippen LogP) is 0.560. The largest absolute Gasteiger partial charge is 0.468 e. The Bertz CT molecular complexity index is 449. The van der Waals surface area contributed by atoms with Crippen LogP contribution in [0.1, 0.15) is 25.8 Å². The molecule has 1 aliphatic carbocycles. The number of aromatic nitrogens is 3. The van der Waals surface area contributed by atoms with Crippen molar-refractivity contribution in [2.45, 2.75) is 36.2 Å². The van der Waals surface area contributed by atoms with Crippen molar-refractivity contribution in [2.75, 3.05) is 7.11 Å². The number of H-pyrrole nitrogens is 1. The molecule has 0 aliphatic heterocycles. The molecule has 88 valence electrons. The van der Waals surface area contributed by atoms with Crippen LogP contribution < -0.4 is 5.69 Å². The van der Waals surface area contributed by atoms with Crippen molar-refractivity contribution >= 4 is 17.7 Å². The second-order valence-corrected chi connectivity index (χ2v) is 5.00. The van der Waals surface area contributed by atoms with Crippen molar-refractivity contribution in [1.29, 1.82) is 0 Å². The topological polar surface area (TPSA) is 77.0 Å². The molecular formula is C9H13N3O3S. The van der Waals surface area contributed by atoms with Crippen LogP contribution in [-0.2, 0) is 9.53 Å². The van der Waals surface area contributed by atoms with Crippen LogP contribution in [0.15, 0.2) is 9.95 Å². The molecule has 6 nitrogen and oxygen atoms in total. The maximum atomic E-state index is 11.5. The van der Waals surface area contributed by atoms with E-state index in [1.165, 1.54) is 18.9 Å². The van der Waals surface area contributed by atoms with Gasteiger partial charge in [-0.2, -0.15) is 0 Å². The lowest BCUT2D eigenvalue weighted by molar-refractivity contribution is -0.139. The lowest BCUT2D eigenvalue weighted by Gasteiger charge is -2.08. The molecule has 0 bridgehead atoms. The number of nitrogens with one attached hydrogen (secondary N) is 1. The Morgan fingerprint density at radius 2 is 2.38 bits per heavy atom. The van der Waals surface area contributed by atoms with Gasteiger partial charge >= 0.3 is 11.7 Å². The number of esters is 1. The third kappa shape index (κ3) is 2.13. The van der Waals surface area contributed by atoms with Crippen LogP contribution in [-0.4, -0.2) is 33.1 Å². The van der Waals surface area contributed by atoms with Crippen LogP contribution in [0.4, 0.5) is 0 Å². The predicted molar refractivity (Wildman–Crippen MR) is 58.5 cm³/mol. The Hall–Kier alpha value is -1.24. The molecule has 1 N–H and O–H groups in total. The van der Waals surface area contributed by atoms with E-state index in [1.807, 2.05) is 0 Å². The first-order valence-corrected chi connectivity index (χ1v) is 5.93. The van der Waals surface area contributed by atoms with Crippen LogP contribution in [0.25, 0.3) is 0 Å². The van der Waals surface area contributed by atoms with Crippen LogP contribution in [0.3, 0.4) is 0 Å². The number of ether oxygens (including phenoxy) is 1. The average molecular weight is 243 g/mol. The van der Waals surface area contributed by atoms with Crippen LogP contribution in [0, 0.1) is 0 Å².